The van der Waals surface area contributed by atoms with Gasteiger partial charge in [0.1, 0.15) is 11.5 Å². The Labute approximate surface area is 196 Å². The van der Waals surface area contributed by atoms with Crippen molar-refractivity contribution in [2.24, 2.45) is 10.4 Å². The van der Waals surface area contributed by atoms with Crippen LogP contribution >= 0.6 is 24.0 Å². The first-order valence-electron chi connectivity index (χ1n) is 10.1. The molecule has 1 heterocycles. The molecule has 164 valence electrons. The number of ether oxygens (including phenoxy) is 2. The van der Waals surface area contributed by atoms with Gasteiger partial charge in [0.15, 0.2) is 5.96 Å². The summed E-state index contributed by atoms with van der Waals surface area (Å²) in [7, 11) is 1.76. The van der Waals surface area contributed by atoms with Crippen molar-refractivity contribution < 1.29 is 14.6 Å². The van der Waals surface area contributed by atoms with Gasteiger partial charge in [-0.2, -0.15) is 0 Å². The average molecular weight is 525 g/mol. The standard InChI is InChI=1S/C23H31N3O3.HI/c1-18-6-5-8-20(14-18)29-21-9-4-3-7-19(21)15-25-22(24-2)26-16-23(10-12-27)11-13-28-17-23;/h3-9,14,27H,10-13,15-17H2,1-2H3,(H2,24,25,26);1H. The Morgan fingerprint density at radius 3 is 2.73 bits per heavy atom. The molecule has 0 aromatic heterocycles. The Morgan fingerprint density at radius 1 is 1.20 bits per heavy atom. The van der Waals surface area contributed by atoms with E-state index >= 15 is 0 Å². The van der Waals surface area contributed by atoms with Crippen molar-refractivity contribution in [1.82, 2.24) is 10.6 Å². The topological polar surface area (TPSA) is 75.1 Å². The van der Waals surface area contributed by atoms with Crippen LogP contribution in [0.25, 0.3) is 0 Å². The van der Waals surface area contributed by atoms with Gasteiger partial charge in [-0.1, -0.05) is 30.3 Å². The number of hydrogen-bond donors (Lipinski definition) is 3. The largest absolute Gasteiger partial charge is 0.457 e. The van der Waals surface area contributed by atoms with Gasteiger partial charge in [-0.25, -0.2) is 0 Å². The van der Waals surface area contributed by atoms with E-state index in [9.17, 15) is 5.11 Å². The molecule has 1 aliphatic rings. The SMILES string of the molecule is CN=C(NCc1ccccc1Oc1cccc(C)c1)NCC1(CCO)CCOC1.I. The number of para-hydroxylation sites is 1. The minimum Gasteiger partial charge on any atom is -0.457 e. The zero-order valence-electron chi connectivity index (χ0n) is 17.7. The molecule has 0 saturated carbocycles. The van der Waals surface area contributed by atoms with Gasteiger partial charge in [-0.15, -0.1) is 24.0 Å². The van der Waals surface area contributed by atoms with E-state index in [1.807, 2.05) is 42.5 Å². The Hall–Kier alpha value is -1.84. The van der Waals surface area contributed by atoms with Crippen LogP contribution in [0, 0.1) is 12.3 Å². The van der Waals surface area contributed by atoms with Crippen molar-refractivity contribution in [2.75, 3.05) is 33.4 Å². The summed E-state index contributed by atoms with van der Waals surface area (Å²) in [6, 6.07) is 16.0. The maximum atomic E-state index is 9.39. The van der Waals surface area contributed by atoms with E-state index in [0.717, 1.165) is 48.0 Å². The van der Waals surface area contributed by atoms with Gasteiger partial charge in [0.05, 0.1) is 6.61 Å². The van der Waals surface area contributed by atoms with Crippen molar-refractivity contribution in [3.05, 3.63) is 59.7 Å². The summed E-state index contributed by atoms with van der Waals surface area (Å²) in [4.78, 5) is 4.33. The molecule has 0 bridgehead atoms. The molecule has 0 amide bonds. The van der Waals surface area contributed by atoms with Crippen molar-refractivity contribution in [2.45, 2.75) is 26.3 Å². The van der Waals surface area contributed by atoms with Crippen LogP contribution in [0.5, 0.6) is 11.5 Å². The molecule has 1 unspecified atom stereocenters. The summed E-state index contributed by atoms with van der Waals surface area (Å²) in [6.45, 7) is 4.94. The predicted molar refractivity (Wildman–Crippen MR) is 131 cm³/mol. The number of rotatable bonds is 8. The third-order valence-electron chi connectivity index (χ3n) is 5.32. The van der Waals surface area contributed by atoms with Crippen LogP contribution in [0.2, 0.25) is 0 Å². The average Bonchev–Trinajstić information content (AvgIpc) is 3.18. The summed E-state index contributed by atoms with van der Waals surface area (Å²) in [6.07, 6.45) is 1.68. The number of nitrogens with zero attached hydrogens (tertiary/aromatic N) is 1. The lowest BCUT2D eigenvalue weighted by molar-refractivity contribution is 0.127. The Morgan fingerprint density at radius 2 is 2.03 bits per heavy atom. The van der Waals surface area contributed by atoms with Crippen LogP contribution in [0.3, 0.4) is 0 Å². The zero-order valence-corrected chi connectivity index (χ0v) is 20.0. The monoisotopic (exact) mass is 525 g/mol. The van der Waals surface area contributed by atoms with Crippen LogP contribution in [-0.2, 0) is 11.3 Å². The number of hydrogen-bond acceptors (Lipinski definition) is 4. The van der Waals surface area contributed by atoms with E-state index in [-0.39, 0.29) is 36.0 Å². The molecule has 6 nitrogen and oxygen atoms in total. The third kappa shape index (κ3) is 6.85. The number of aliphatic hydroxyl groups excluding tert-OH is 1. The second-order valence-electron chi connectivity index (χ2n) is 7.58. The van der Waals surface area contributed by atoms with E-state index in [1.165, 1.54) is 0 Å². The number of guanidine groups is 1. The highest BCUT2D eigenvalue weighted by atomic mass is 127. The highest BCUT2D eigenvalue weighted by molar-refractivity contribution is 14.0. The molecule has 1 fully saturated rings. The fourth-order valence-corrected chi connectivity index (χ4v) is 3.54. The molecule has 2 aromatic carbocycles. The Kier molecular flexibility index (Phi) is 9.87. The van der Waals surface area contributed by atoms with E-state index in [1.54, 1.807) is 7.05 Å². The normalized spacial score (nSPS) is 18.6. The van der Waals surface area contributed by atoms with Gasteiger partial charge in [-0.3, -0.25) is 4.99 Å². The Balaban J connectivity index is 0.00000320. The number of halogens is 1. The van der Waals surface area contributed by atoms with Gasteiger partial charge in [-0.05, 0) is 43.5 Å². The van der Waals surface area contributed by atoms with Crippen molar-refractivity contribution in [1.29, 1.82) is 0 Å². The highest BCUT2D eigenvalue weighted by Gasteiger charge is 2.34. The van der Waals surface area contributed by atoms with Crippen LogP contribution < -0.4 is 15.4 Å². The van der Waals surface area contributed by atoms with Crippen LogP contribution in [-0.4, -0.2) is 44.5 Å². The third-order valence-corrected chi connectivity index (χ3v) is 5.32. The molecule has 2 aromatic rings. The van der Waals surface area contributed by atoms with Crippen LogP contribution in [0.1, 0.15) is 24.0 Å². The quantitative estimate of drug-likeness (QED) is 0.277. The molecule has 3 N–H and O–H groups in total. The minimum atomic E-state index is -0.0292. The minimum absolute atomic E-state index is 0. The van der Waals surface area contributed by atoms with Gasteiger partial charge in [0.2, 0.25) is 0 Å². The fraction of sp³-hybridized carbons (Fsp3) is 0.435. The first-order valence-corrected chi connectivity index (χ1v) is 10.1. The lowest BCUT2D eigenvalue weighted by atomic mass is 9.84. The van der Waals surface area contributed by atoms with Gasteiger partial charge >= 0.3 is 0 Å². The van der Waals surface area contributed by atoms with Gasteiger partial charge in [0.25, 0.3) is 0 Å². The molecule has 1 atom stereocenters. The molecule has 1 aliphatic heterocycles. The molecular formula is C23H32IN3O3. The van der Waals surface area contributed by atoms with Crippen LogP contribution in [0.4, 0.5) is 0 Å². The molecule has 0 aliphatic carbocycles. The van der Waals surface area contributed by atoms with Crippen LogP contribution in [0.15, 0.2) is 53.5 Å². The van der Waals surface area contributed by atoms with Gasteiger partial charge < -0.3 is 25.2 Å². The molecule has 0 spiro atoms. The second-order valence-corrected chi connectivity index (χ2v) is 7.58. The summed E-state index contributed by atoms with van der Waals surface area (Å²) < 4.78 is 11.7. The first-order chi connectivity index (χ1) is 14.1. The number of aryl methyl sites for hydroxylation is 1. The smallest absolute Gasteiger partial charge is 0.191 e. The summed E-state index contributed by atoms with van der Waals surface area (Å²) in [5.41, 5.74) is 2.18. The van der Waals surface area contributed by atoms with Crippen molar-refractivity contribution in [3.63, 3.8) is 0 Å². The van der Waals surface area contributed by atoms with E-state index in [4.69, 9.17) is 9.47 Å². The molecule has 3 rings (SSSR count). The number of aliphatic hydroxyl groups is 1. The maximum Gasteiger partial charge on any atom is 0.191 e. The fourth-order valence-electron chi connectivity index (χ4n) is 3.54. The summed E-state index contributed by atoms with van der Waals surface area (Å²) >= 11 is 0. The first kappa shape index (κ1) is 24.4. The van der Waals surface area contributed by atoms with E-state index in [0.29, 0.717) is 19.7 Å². The lowest BCUT2D eigenvalue weighted by Crippen LogP contribution is -2.44. The van der Waals surface area contributed by atoms with Crippen molar-refractivity contribution in [3.8, 4) is 11.5 Å². The number of nitrogens with one attached hydrogen (secondary N) is 2. The molecule has 1 saturated heterocycles. The van der Waals surface area contributed by atoms with E-state index in [2.05, 4.69) is 28.6 Å². The molecule has 7 heteroatoms. The predicted octanol–water partition coefficient (Wildman–Crippen LogP) is 3.86. The summed E-state index contributed by atoms with van der Waals surface area (Å²) in [5.74, 6) is 2.37. The van der Waals surface area contributed by atoms with Gasteiger partial charge in [0, 0.05) is 44.3 Å². The maximum absolute atomic E-state index is 9.39. The summed E-state index contributed by atoms with van der Waals surface area (Å²) in [5, 5.41) is 16.1. The Bertz CT molecular complexity index is 823. The van der Waals surface area contributed by atoms with Crippen molar-refractivity contribution >= 4 is 29.9 Å². The molecule has 30 heavy (non-hydrogen) atoms. The molecule has 0 radical (unpaired) electrons. The number of aliphatic imine (C=N–C) groups is 1. The molecular weight excluding hydrogens is 493 g/mol. The lowest BCUT2D eigenvalue weighted by Gasteiger charge is -2.27. The number of benzene rings is 2. The highest BCUT2D eigenvalue weighted by Crippen LogP contribution is 2.31. The second kappa shape index (κ2) is 12.1. The van der Waals surface area contributed by atoms with E-state index < -0.39 is 0 Å². The zero-order chi connectivity index (χ0) is 20.5.